The highest BCUT2D eigenvalue weighted by atomic mass is 16.7. The molecule has 14 heteroatoms. The topological polar surface area (TPSA) is 207 Å². The number of hydrogen-bond acceptors (Lipinski definition) is 14. The van der Waals surface area contributed by atoms with E-state index >= 15 is 0 Å². The fourth-order valence-corrected chi connectivity index (χ4v) is 5.19. The van der Waals surface area contributed by atoms with Crippen molar-refractivity contribution in [2.75, 3.05) is 34.5 Å². The number of benzene rings is 2. The maximum Gasteiger partial charge on any atom is 0.204 e. The summed E-state index contributed by atoms with van der Waals surface area (Å²) in [6.07, 6.45) is -13.6. The van der Waals surface area contributed by atoms with Gasteiger partial charge in [-0.3, -0.25) is 4.79 Å². The molecule has 6 N–H and O–H groups in total. The average molecular weight is 581 g/mol. The molecular formula is C27H32O14. The van der Waals surface area contributed by atoms with Crippen LogP contribution < -0.4 is 19.6 Å². The van der Waals surface area contributed by atoms with Crippen LogP contribution in [-0.4, -0.2) is 114 Å². The van der Waals surface area contributed by atoms with Crippen molar-refractivity contribution < 1.29 is 63.5 Å². The van der Waals surface area contributed by atoms with Gasteiger partial charge in [-0.1, -0.05) is 0 Å². The Kier molecular flexibility index (Phi) is 8.39. The average Bonchev–Trinajstić information content (AvgIpc) is 2.98. The third kappa shape index (κ3) is 5.11. The molecule has 14 nitrogen and oxygen atoms in total. The molecule has 0 saturated carbocycles. The molecular weight excluding hydrogens is 548 g/mol. The fourth-order valence-electron chi connectivity index (χ4n) is 5.19. The number of aliphatic hydroxyl groups excluding tert-OH is 6. The highest BCUT2D eigenvalue weighted by molar-refractivity contribution is 5.96. The van der Waals surface area contributed by atoms with Gasteiger partial charge < -0.3 is 63.5 Å². The first-order chi connectivity index (χ1) is 19.6. The van der Waals surface area contributed by atoms with E-state index in [4.69, 9.17) is 32.8 Å². The van der Waals surface area contributed by atoms with Gasteiger partial charge in [-0.25, -0.2) is 0 Å². The zero-order valence-electron chi connectivity index (χ0n) is 22.4. The highest BCUT2D eigenvalue weighted by Crippen LogP contribution is 2.40. The molecule has 2 aliphatic rings. The lowest BCUT2D eigenvalue weighted by Gasteiger charge is -2.42. The molecule has 2 aliphatic heterocycles. The Morgan fingerprint density at radius 1 is 0.829 bits per heavy atom. The number of hydrogen-bond donors (Lipinski definition) is 6. The van der Waals surface area contributed by atoms with Crippen LogP contribution in [0.25, 0.3) is 21.9 Å². The monoisotopic (exact) mass is 580 g/mol. The van der Waals surface area contributed by atoms with Gasteiger partial charge in [-0.15, -0.1) is 0 Å². The summed E-state index contributed by atoms with van der Waals surface area (Å²) in [5.41, 5.74) is -0.148. The summed E-state index contributed by atoms with van der Waals surface area (Å²) in [7, 11) is 4.19. The molecule has 0 bridgehead atoms. The van der Waals surface area contributed by atoms with Gasteiger partial charge in [-0.2, -0.15) is 0 Å². The number of methoxy groups -OCH3 is 3. The molecule has 5 rings (SSSR count). The van der Waals surface area contributed by atoms with Crippen LogP contribution >= 0.6 is 0 Å². The first-order valence-electron chi connectivity index (χ1n) is 12.8. The lowest BCUT2D eigenvalue weighted by molar-refractivity contribution is -0.291. The Morgan fingerprint density at radius 2 is 1.59 bits per heavy atom. The fraction of sp³-hybridized carbons (Fsp3) is 0.519. The predicted molar refractivity (Wildman–Crippen MR) is 139 cm³/mol. The molecule has 2 aromatic carbocycles. The van der Waals surface area contributed by atoms with E-state index in [1.165, 1.54) is 33.5 Å². The van der Waals surface area contributed by atoms with E-state index in [9.17, 15) is 35.4 Å². The molecule has 0 radical (unpaired) electrons. The number of rotatable bonds is 7. The molecule has 9 atom stereocenters. The van der Waals surface area contributed by atoms with Gasteiger partial charge >= 0.3 is 0 Å². The van der Waals surface area contributed by atoms with Crippen molar-refractivity contribution in [2.24, 2.45) is 0 Å². The van der Waals surface area contributed by atoms with E-state index in [0.717, 1.165) is 0 Å². The summed E-state index contributed by atoms with van der Waals surface area (Å²) in [5, 5.41) is 62.2. The van der Waals surface area contributed by atoms with Crippen LogP contribution in [0.3, 0.4) is 0 Å². The Labute approximate surface area is 232 Å². The van der Waals surface area contributed by atoms with E-state index in [1.807, 2.05) is 0 Å². The Hall–Kier alpha value is -3.05. The van der Waals surface area contributed by atoms with Gasteiger partial charge in [0.25, 0.3) is 0 Å². The minimum absolute atomic E-state index is 0.000284. The van der Waals surface area contributed by atoms with Crippen LogP contribution in [0, 0.1) is 0 Å². The lowest BCUT2D eigenvalue weighted by Crippen LogP contribution is -2.57. The minimum atomic E-state index is -1.74. The highest BCUT2D eigenvalue weighted by Gasteiger charge is 2.46. The largest absolute Gasteiger partial charge is 0.497 e. The zero-order chi connectivity index (χ0) is 29.6. The summed E-state index contributed by atoms with van der Waals surface area (Å²) in [6, 6.07) is 6.06. The van der Waals surface area contributed by atoms with Gasteiger partial charge in [0.1, 0.15) is 71.1 Å². The zero-order valence-corrected chi connectivity index (χ0v) is 22.4. The van der Waals surface area contributed by atoms with E-state index < -0.39 is 67.2 Å². The summed E-state index contributed by atoms with van der Waals surface area (Å²) in [4.78, 5) is 14.0. The molecule has 0 aliphatic carbocycles. The molecule has 0 spiro atoms. The summed E-state index contributed by atoms with van der Waals surface area (Å²) in [5.74, 6) is 0.676. The van der Waals surface area contributed by atoms with Crippen molar-refractivity contribution in [2.45, 2.75) is 55.1 Å². The van der Waals surface area contributed by atoms with Gasteiger partial charge in [0.15, 0.2) is 17.8 Å². The third-order valence-corrected chi connectivity index (χ3v) is 7.42. The maximum atomic E-state index is 14.0. The summed E-state index contributed by atoms with van der Waals surface area (Å²) in [6.45, 7) is -0.773. The Balaban J connectivity index is 1.57. The van der Waals surface area contributed by atoms with Crippen molar-refractivity contribution in [3.63, 3.8) is 0 Å². The summed E-state index contributed by atoms with van der Waals surface area (Å²) < 4.78 is 38.9. The van der Waals surface area contributed by atoms with Crippen molar-refractivity contribution in [1.82, 2.24) is 0 Å². The van der Waals surface area contributed by atoms with Crippen molar-refractivity contribution in [3.8, 4) is 17.2 Å². The Bertz CT molecular complexity index is 1460. The smallest absolute Gasteiger partial charge is 0.204 e. The van der Waals surface area contributed by atoms with Crippen molar-refractivity contribution in [1.29, 1.82) is 0 Å². The molecule has 1 aromatic heterocycles. The second-order valence-electron chi connectivity index (χ2n) is 9.85. The molecule has 0 unspecified atom stereocenters. The number of aliphatic hydroxyl groups is 6. The SMILES string of the molecule is COc1cc([C@@H]2O[C@H](CO[C@@H]3OC[C@@H](O)[C@H](O)[C@H]3O)[C@@H](O)[C@H](O)[C@H]2O)c2c(=O)c3c(OC)c(OC)ccc3oc2c1. The van der Waals surface area contributed by atoms with Gasteiger partial charge in [0.05, 0.1) is 39.9 Å². The molecule has 41 heavy (non-hydrogen) atoms. The molecule has 0 amide bonds. The quantitative estimate of drug-likeness (QED) is 0.185. The molecule has 3 heterocycles. The van der Waals surface area contributed by atoms with E-state index in [-0.39, 0.29) is 51.4 Å². The predicted octanol–water partition coefficient (Wildman–Crippen LogP) is -1.05. The minimum Gasteiger partial charge on any atom is -0.497 e. The molecule has 2 saturated heterocycles. The summed E-state index contributed by atoms with van der Waals surface area (Å²) >= 11 is 0. The first kappa shape index (κ1) is 29.4. The molecule has 3 aromatic rings. The van der Waals surface area contributed by atoms with Crippen LogP contribution in [0.15, 0.2) is 33.5 Å². The van der Waals surface area contributed by atoms with E-state index in [1.54, 1.807) is 12.1 Å². The standard InChI is InChI=1S/C27H32O14/c1-35-10-6-11(17-15(7-10)40-13-4-5-14(36-2)26(37-3)18(13)21(17)31)25-23(33)22(32)20(30)16(41-25)9-39-27-24(34)19(29)12(28)8-38-27/h4-7,12,16,19-20,22-25,27-30,32-34H,8-9H2,1-3H3/t12-,16-,19+,20-,22+,23-,24-,25+,27+/m1/s1. The number of fused-ring (bicyclic) bond motifs is 2. The van der Waals surface area contributed by atoms with Gasteiger partial charge in [-0.05, 0) is 18.2 Å². The van der Waals surface area contributed by atoms with Gasteiger partial charge in [0.2, 0.25) is 5.43 Å². The van der Waals surface area contributed by atoms with Crippen molar-refractivity contribution >= 4 is 21.9 Å². The van der Waals surface area contributed by atoms with Crippen molar-refractivity contribution in [3.05, 3.63) is 40.1 Å². The van der Waals surface area contributed by atoms with Crippen LogP contribution in [0.1, 0.15) is 11.7 Å². The number of ether oxygens (including phenoxy) is 6. The van der Waals surface area contributed by atoms with Crippen LogP contribution in [0.2, 0.25) is 0 Å². The normalized spacial score (nSPS) is 32.3. The molecule has 2 fully saturated rings. The lowest BCUT2D eigenvalue weighted by atomic mass is 9.89. The third-order valence-electron chi connectivity index (χ3n) is 7.42. The second-order valence-corrected chi connectivity index (χ2v) is 9.85. The van der Waals surface area contributed by atoms with Crippen LogP contribution in [0.5, 0.6) is 17.2 Å². The van der Waals surface area contributed by atoms with Gasteiger partial charge in [0, 0.05) is 11.6 Å². The first-order valence-corrected chi connectivity index (χ1v) is 12.8. The second kappa shape index (κ2) is 11.7. The maximum absolute atomic E-state index is 14.0. The van der Waals surface area contributed by atoms with Crippen LogP contribution in [-0.2, 0) is 14.2 Å². The Morgan fingerprint density at radius 3 is 2.27 bits per heavy atom. The molecule has 224 valence electrons. The van der Waals surface area contributed by atoms with Crippen LogP contribution in [0.4, 0.5) is 0 Å². The van der Waals surface area contributed by atoms with E-state index in [0.29, 0.717) is 0 Å². The van der Waals surface area contributed by atoms with E-state index in [2.05, 4.69) is 0 Å².